The summed E-state index contributed by atoms with van der Waals surface area (Å²) in [6.45, 7) is 0. The van der Waals surface area contributed by atoms with E-state index in [1.54, 1.807) is 5.48 Å². The van der Waals surface area contributed by atoms with E-state index >= 15 is 0 Å². The average molecular weight is 120 g/mol. The molecule has 0 aromatic heterocycles. The lowest BCUT2D eigenvalue weighted by Gasteiger charge is -2.07. The number of hydrogen-bond acceptors (Lipinski definition) is 3. The van der Waals surface area contributed by atoms with E-state index in [-0.39, 0.29) is 0 Å². The van der Waals surface area contributed by atoms with E-state index < -0.39 is 6.03 Å². The Labute approximate surface area is 46.7 Å². The number of nitrogens with zero attached hydrogens (tertiary/aromatic N) is 1. The normalized spacial score (nSPS) is 8.38. The second-order valence-electron chi connectivity index (χ2n) is 1.39. The van der Waals surface area contributed by atoms with Gasteiger partial charge in [-0.1, -0.05) is 0 Å². The molecule has 0 saturated heterocycles. The fourth-order valence-electron chi connectivity index (χ4n) is 0.130. The molecule has 0 aromatic carbocycles. The summed E-state index contributed by atoms with van der Waals surface area (Å²) >= 11 is 0. The summed E-state index contributed by atoms with van der Waals surface area (Å²) in [6.07, 6.45) is 0. The molecule has 0 fully saturated rings. The molecule has 0 aromatic rings. The molecule has 0 rings (SSSR count). The van der Waals surface area contributed by atoms with Crippen LogP contribution < -0.4 is 5.48 Å². The van der Waals surface area contributed by atoms with Crippen LogP contribution in [0.5, 0.6) is 0 Å². The lowest BCUT2D eigenvalue weighted by molar-refractivity contribution is -0.278. The van der Waals surface area contributed by atoms with Crippen molar-refractivity contribution in [3.8, 4) is 0 Å². The van der Waals surface area contributed by atoms with Crippen LogP contribution in [0.25, 0.3) is 0 Å². The predicted molar refractivity (Wildman–Crippen MR) is 25.9 cm³/mol. The summed E-state index contributed by atoms with van der Waals surface area (Å²) in [5.41, 5.74) is 1.69. The highest BCUT2D eigenvalue weighted by atomic mass is 17.2. The predicted octanol–water partition coefficient (Wildman–Crippen LogP) is -0.338. The Bertz CT molecular complexity index is 82.6. The number of carbonyl (C=O) groups is 1. The van der Waals surface area contributed by atoms with Crippen molar-refractivity contribution in [1.82, 2.24) is 10.4 Å². The maximum Gasteiger partial charge on any atom is 0.343 e. The van der Waals surface area contributed by atoms with Crippen LogP contribution in [0.4, 0.5) is 4.79 Å². The van der Waals surface area contributed by atoms with E-state index in [0.717, 1.165) is 0 Å². The molecule has 0 radical (unpaired) electrons. The number of hydroxylamine groups is 1. The molecule has 0 aliphatic rings. The monoisotopic (exact) mass is 120 g/mol. The molecular formula is C3H8N2O3. The molecule has 48 valence electrons. The Balaban J connectivity index is 3.33. The maximum atomic E-state index is 10.3. The topological polar surface area (TPSA) is 61.8 Å². The van der Waals surface area contributed by atoms with Crippen molar-refractivity contribution >= 4 is 6.03 Å². The molecular weight excluding hydrogens is 112 g/mol. The van der Waals surface area contributed by atoms with Crippen LogP contribution in [0.15, 0.2) is 0 Å². The molecule has 2 amide bonds. The summed E-state index contributed by atoms with van der Waals surface area (Å²) in [5, 5.41) is 7.63. The molecule has 5 nitrogen and oxygen atoms in total. The number of amides is 2. The molecule has 0 atom stereocenters. The van der Waals surface area contributed by atoms with E-state index in [9.17, 15) is 4.79 Å². The smallest absolute Gasteiger partial charge is 0.329 e. The molecule has 2 N–H and O–H groups in total. The van der Waals surface area contributed by atoms with Crippen LogP contribution in [0.2, 0.25) is 0 Å². The van der Waals surface area contributed by atoms with Gasteiger partial charge in [-0.05, 0) is 0 Å². The van der Waals surface area contributed by atoms with E-state index in [1.165, 1.54) is 19.0 Å². The third-order valence-corrected chi connectivity index (χ3v) is 0.539. The second kappa shape index (κ2) is 3.23. The molecule has 0 heterocycles. The van der Waals surface area contributed by atoms with Crippen molar-refractivity contribution in [3.05, 3.63) is 0 Å². The molecule has 0 aliphatic heterocycles. The SMILES string of the molecule is CN(C)C(=O)NOO. The highest BCUT2D eigenvalue weighted by molar-refractivity contribution is 5.72. The molecule has 0 saturated carbocycles. The first-order valence-corrected chi connectivity index (χ1v) is 1.96. The van der Waals surface area contributed by atoms with Gasteiger partial charge in [0.25, 0.3) is 0 Å². The van der Waals surface area contributed by atoms with Crippen LogP contribution in [-0.4, -0.2) is 30.3 Å². The third kappa shape index (κ3) is 2.38. The van der Waals surface area contributed by atoms with Crippen molar-refractivity contribution in [3.63, 3.8) is 0 Å². The zero-order valence-corrected chi connectivity index (χ0v) is 4.71. The number of carbonyl (C=O) groups excluding carboxylic acids is 1. The maximum absolute atomic E-state index is 10.3. The van der Waals surface area contributed by atoms with Crippen LogP contribution in [0.1, 0.15) is 0 Å². The van der Waals surface area contributed by atoms with Crippen molar-refractivity contribution in [2.24, 2.45) is 0 Å². The van der Waals surface area contributed by atoms with Crippen molar-refractivity contribution in [1.29, 1.82) is 0 Å². The highest BCUT2D eigenvalue weighted by Crippen LogP contribution is 1.73. The summed E-state index contributed by atoms with van der Waals surface area (Å²) in [5.74, 6) is 0. The van der Waals surface area contributed by atoms with Gasteiger partial charge in [0.2, 0.25) is 0 Å². The number of nitrogens with one attached hydrogen (secondary N) is 1. The number of urea groups is 1. The Kier molecular flexibility index (Phi) is 2.90. The van der Waals surface area contributed by atoms with E-state index in [2.05, 4.69) is 4.99 Å². The fraction of sp³-hybridized carbons (Fsp3) is 0.667. The minimum Gasteiger partial charge on any atom is -0.329 e. The van der Waals surface area contributed by atoms with Crippen LogP contribution in [0, 0.1) is 0 Å². The van der Waals surface area contributed by atoms with Gasteiger partial charge in [-0.25, -0.2) is 10.1 Å². The Morgan fingerprint density at radius 1 is 1.75 bits per heavy atom. The quantitative estimate of drug-likeness (QED) is 0.367. The molecule has 0 bridgehead atoms. The zero-order chi connectivity index (χ0) is 6.57. The van der Waals surface area contributed by atoms with Gasteiger partial charge >= 0.3 is 6.03 Å². The number of rotatable bonds is 1. The number of hydrogen-bond donors (Lipinski definition) is 2. The van der Waals surface area contributed by atoms with Crippen molar-refractivity contribution in [2.45, 2.75) is 0 Å². The standard InChI is InChI=1S/C3H8N2O3/c1-5(2)3(6)4-8-7/h7H,1-2H3,(H,4,6). The lowest BCUT2D eigenvalue weighted by atomic mass is 10.9. The fourth-order valence-corrected chi connectivity index (χ4v) is 0.130. The Morgan fingerprint density at radius 3 is 2.38 bits per heavy atom. The van der Waals surface area contributed by atoms with Gasteiger partial charge in [-0.2, -0.15) is 5.48 Å². The molecule has 8 heavy (non-hydrogen) atoms. The summed E-state index contributed by atoms with van der Waals surface area (Å²) in [7, 11) is 3.04. The molecule has 5 heteroatoms. The largest absolute Gasteiger partial charge is 0.343 e. The van der Waals surface area contributed by atoms with E-state index in [4.69, 9.17) is 5.26 Å². The summed E-state index contributed by atoms with van der Waals surface area (Å²) in [6, 6.07) is -0.507. The summed E-state index contributed by atoms with van der Waals surface area (Å²) < 4.78 is 0. The minimum absolute atomic E-state index is 0.507. The van der Waals surface area contributed by atoms with Gasteiger partial charge in [0.1, 0.15) is 0 Å². The van der Waals surface area contributed by atoms with Gasteiger partial charge in [-0.15, -0.1) is 4.99 Å². The van der Waals surface area contributed by atoms with Gasteiger partial charge in [-0.3, -0.25) is 0 Å². The molecule has 0 aliphatic carbocycles. The van der Waals surface area contributed by atoms with E-state index in [0.29, 0.717) is 0 Å². The van der Waals surface area contributed by atoms with Gasteiger partial charge in [0.05, 0.1) is 0 Å². The zero-order valence-electron chi connectivity index (χ0n) is 4.71. The summed E-state index contributed by atoms with van der Waals surface area (Å²) in [4.78, 5) is 14.8. The molecule has 0 unspecified atom stereocenters. The van der Waals surface area contributed by atoms with Crippen molar-refractivity contribution < 1.29 is 15.0 Å². The van der Waals surface area contributed by atoms with Gasteiger partial charge in [0, 0.05) is 14.1 Å². The van der Waals surface area contributed by atoms with Crippen molar-refractivity contribution in [2.75, 3.05) is 14.1 Å². The first-order valence-electron chi connectivity index (χ1n) is 1.96. The highest BCUT2D eigenvalue weighted by Gasteiger charge is 1.98. The lowest BCUT2D eigenvalue weighted by Crippen LogP contribution is -2.33. The average Bonchev–Trinajstić information content (AvgIpc) is 1.67. The van der Waals surface area contributed by atoms with Gasteiger partial charge < -0.3 is 4.90 Å². The molecule has 0 spiro atoms. The van der Waals surface area contributed by atoms with E-state index in [1.807, 2.05) is 0 Å². The first-order chi connectivity index (χ1) is 3.68. The minimum atomic E-state index is -0.507. The van der Waals surface area contributed by atoms with Crippen LogP contribution in [0.3, 0.4) is 0 Å². The second-order valence-corrected chi connectivity index (χ2v) is 1.39. The van der Waals surface area contributed by atoms with Crippen LogP contribution >= 0.6 is 0 Å². The van der Waals surface area contributed by atoms with Crippen LogP contribution in [-0.2, 0) is 4.99 Å². The van der Waals surface area contributed by atoms with Gasteiger partial charge in [0.15, 0.2) is 0 Å². The third-order valence-electron chi connectivity index (χ3n) is 0.539. The first kappa shape index (κ1) is 7.19. The Morgan fingerprint density at radius 2 is 2.25 bits per heavy atom. The Hall–Kier alpha value is -0.810.